The van der Waals surface area contributed by atoms with Gasteiger partial charge in [-0.2, -0.15) is 5.10 Å². The van der Waals surface area contributed by atoms with Crippen molar-refractivity contribution in [3.8, 4) is 0 Å². The molecule has 1 aromatic heterocycles. The Morgan fingerprint density at radius 2 is 1.95 bits per heavy atom. The van der Waals surface area contributed by atoms with Crippen LogP contribution >= 0.6 is 0 Å². The normalized spacial score (nSPS) is 10.7. The molecule has 100 valence electrons. The van der Waals surface area contributed by atoms with Crippen LogP contribution in [0.4, 0.5) is 14.6 Å². The molecule has 1 heterocycles. The van der Waals surface area contributed by atoms with Gasteiger partial charge >= 0.3 is 0 Å². The molecule has 1 amide bonds. The summed E-state index contributed by atoms with van der Waals surface area (Å²) in [5, 5.41) is 9.43. The maximum Gasteiger partial charge on any atom is 0.259 e. The first kappa shape index (κ1) is 12.3. The van der Waals surface area contributed by atoms with Crippen LogP contribution in [0.25, 0.3) is 10.9 Å². The fourth-order valence-electron chi connectivity index (χ4n) is 1.90. The first-order valence-electron chi connectivity index (χ1n) is 5.84. The Labute approximate surface area is 112 Å². The highest BCUT2D eigenvalue weighted by Crippen LogP contribution is 2.22. The van der Waals surface area contributed by atoms with Crippen LogP contribution < -0.4 is 5.32 Å². The van der Waals surface area contributed by atoms with E-state index >= 15 is 0 Å². The van der Waals surface area contributed by atoms with Crippen molar-refractivity contribution in [2.45, 2.75) is 0 Å². The van der Waals surface area contributed by atoms with E-state index in [0.29, 0.717) is 10.9 Å². The Morgan fingerprint density at radius 1 is 1.15 bits per heavy atom. The first-order valence-corrected chi connectivity index (χ1v) is 5.84. The predicted octanol–water partition coefficient (Wildman–Crippen LogP) is 3.09. The quantitative estimate of drug-likeness (QED) is 0.753. The molecule has 3 aromatic rings. The van der Waals surface area contributed by atoms with Gasteiger partial charge in [0.05, 0.1) is 11.1 Å². The molecule has 0 unspecified atom stereocenters. The highest BCUT2D eigenvalue weighted by atomic mass is 19.1. The number of carbonyl (C=O) groups is 1. The summed E-state index contributed by atoms with van der Waals surface area (Å²) in [5.74, 6) is -1.55. The second-order valence-electron chi connectivity index (χ2n) is 4.20. The maximum atomic E-state index is 13.5. The van der Waals surface area contributed by atoms with Gasteiger partial charge in [0.15, 0.2) is 5.82 Å². The average Bonchev–Trinajstić information content (AvgIpc) is 2.82. The fourth-order valence-corrected chi connectivity index (χ4v) is 1.90. The fraction of sp³-hybridized carbons (Fsp3) is 0. The van der Waals surface area contributed by atoms with Gasteiger partial charge in [0, 0.05) is 5.39 Å². The summed E-state index contributed by atoms with van der Waals surface area (Å²) in [6.07, 6.45) is 0. The van der Waals surface area contributed by atoms with Gasteiger partial charge in [-0.1, -0.05) is 12.1 Å². The third kappa shape index (κ3) is 2.11. The van der Waals surface area contributed by atoms with Gasteiger partial charge in [0.1, 0.15) is 11.6 Å². The lowest BCUT2D eigenvalue weighted by Gasteiger charge is -2.03. The zero-order valence-corrected chi connectivity index (χ0v) is 10.2. The van der Waals surface area contributed by atoms with Crippen LogP contribution in [-0.4, -0.2) is 16.1 Å². The summed E-state index contributed by atoms with van der Waals surface area (Å²) in [6.45, 7) is 0. The molecule has 0 spiro atoms. The molecule has 0 saturated carbocycles. The lowest BCUT2D eigenvalue weighted by atomic mass is 10.2. The molecule has 2 aromatic carbocycles. The highest BCUT2D eigenvalue weighted by Gasteiger charge is 2.14. The van der Waals surface area contributed by atoms with Crippen LogP contribution in [0, 0.1) is 11.6 Å². The van der Waals surface area contributed by atoms with E-state index in [1.807, 2.05) is 0 Å². The molecule has 0 radical (unpaired) electrons. The van der Waals surface area contributed by atoms with Gasteiger partial charge in [0.25, 0.3) is 5.91 Å². The van der Waals surface area contributed by atoms with Crippen molar-refractivity contribution in [1.82, 2.24) is 10.2 Å². The number of fused-ring (bicyclic) bond motifs is 1. The number of anilines is 1. The maximum absolute atomic E-state index is 13.5. The third-order valence-corrected chi connectivity index (χ3v) is 2.88. The molecule has 0 atom stereocenters. The summed E-state index contributed by atoms with van der Waals surface area (Å²) in [4.78, 5) is 12.0. The molecule has 6 heteroatoms. The van der Waals surface area contributed by atoms with Gasteiger partial charge in [-0.25, -0.2) is 8.78 Å². The Balaban J connectivity index is 1.96. The Hall–Kier alpha value is -2.76. The smallest absolute Gasteiger partial charge is 0.259 e. The van der Waals surface area contributed by atoms with Crippen LogP contribution in [0.1, 0.15) is 10.4 Å². The molecule has 0 aliphatic heterocycles. The standard InChI is InChI=1S/C14H9F2N3O/c15-8-5-6-12-10(7-8)13(19-18-12)17-14(20)9-3-1-2-4-11(9)16/h1-7H,(H2,17,18,19,20). The van der Waals surface area contributed by atoms with Gasteiger partial charge in [-0.15, -0.1) is 0 Å². The summed E-state index contributed by atoms with van der Waals surface area (Å²) in [7, 11) is 0. The second-order valence-corrected chi connectivity index (χ2v) is 4.20. The Bertz CT molecular complexity index is 798. The van der Waals surface area contributed by atoms with Crippen molar-refractivity contribution in [1.29, 1.82) is 0 Å². The molecular weight excluding hydrogens is 264 g/mol. The van der Waals surface area contributed by atoms with Gasteiger partial charge < -0.3 is 5.32 Å². The van der Waals surface area contributed by atoms with Crippen LogP contribution in [0.15, 0.2) is 42.5 Å². The van der Waals surface area contributed by atoms with E-state index in [2.05, 4.69) is 15.5 Å². The average molecular weight is 273 g/mol. The van der Waals surface area contributed by atoms with Gasteiger partial charge in [-0.3, -0.25) is 9.89 Å². The summed E-state index contributed by atoms with van der Waals surface area (Å²) >= 11 is 0. The van der Waals surface area contributed by atoms with Crippen molar-refractivity contribution >= 4 is 22.6 Å². The number of halogens is 2. The van der Waals surface area contributed by atoms with Crippen LogP contribution in [0.2, 0.25) is 0 Å². The lowest BCUT2D eigenvalue weighted by Crippen LogP contribution is -2.14. The number of carbonyl (C=O) groups excluding carboxylic acids is 1. The van der Waals surface area contributed by atoms with Crippen molar-refractivity contribution < 1.29 is 13.6 Å². The third-order valence-electron chi connectivity index (χ3n) is 2.88. The van der Waals surface area contributed by atoms with Crippen molar-refractivity contribution in [3.05, 3.63) is 59.7 Å². The number of amides is 1. The molecule has 20 heavy (non-hydrogen) atoms. The number of rotatable bonds is 2. The molecule has 4 nitrogen and oxygen atoms in total. The second kappa shape index (κ2) is 4.73. The van der Waals surface area contributed by atoms with Crippen LogP contribution in [-0.2, 0) is 0 Å². The van der Waals surface area contributed by atoms with E-state index in [4.69, 9.17) is 0 Å². The SMILES string of the molecule is O=C(Nc1n[nH]c2ccc(F)cc12)c1ccccc1F. The van der Waals surface area contributed by atoms with Crippen molar-refractivity contribution in [2.75, 3.05) is 5.32 Å². The van der Waals surface area contributed by atoms with Gasteiger partial charge in [0.2, 0.25) is 0 Å². The summed E-state index contributed by atoms with van der Waals surface area (Å²) < 4.78 is 26.7. The van der Waals surface area contributed by atoms with E-state index in [1.165, 1.54) is 36.4 Å². The van der Waals surface area contributed by atoms with Gasteiger partial charge in [-0.05, 0) is 30.3 Å². The molecule has 0 aliphatic carbocycles. The number of aromatic amines is 1. The summed E-state index contributed by atoms with van der Waals surface area (Å²) in [6, 6.07) is 9.64. The van der Waals surface area contributed by atoms with Crippen molar-refractivity contribution in [2.24, 2.45) is 0 Å². The predicted molar refractivity (Wildman–Crippen MR) is 70.4 cm³/mol. The molecular formula is C14H9F2N3O. The van der Waals surface area contributed by atoms with E-state index in [1.54, 1.807) is 6.07 Å². The highest BCUT2D eigenvalue weighted by molar-refractivity contribution is 6.07. The largest absolute Gasteiger partial charge is 0.304 e. The number of nitrogens with zero attached hydrogens (tertiary/aromatic N) is 1. The minimum absolute atomic E-state index is 0.0972. The molecule has 0 aliphatic rings. The minimum Gasteiger partial charge on any atom is -0.304 e. The minimum atomic E-state index is -0.638. The first-order chi connectivity index (χ1) is 9.65. The number of hydrogen-bond donors (Lipinski definition) is 2. The Kier molecular flexibility index (Phi) is 2.90. The molecule has 2 N–H and O–H groups in total. The van der Waals surface area contributed by atoms with Crippen LogP contribution in [0.3, 0.4) is 0 Å². The van der Waals surface area contributed by atoms with Crippen molar-refractivity contribution in [3.63, 3.8) is 0 Å². The monoisotopic (exact) mass is 273 g/mol. The lowest BCUT2D eigenvalue weighted by molar-refractivity contribution is 0.102. The van der Waals surface area contributed by atoms with E-state index in [0.717, 1.165) is 0 Å². The van der Waals surface area contributed by atoms with E-state index in [9.17, 15) is 13.6 Å². The molecule has 0 saturated heterocycles. The zero-order chi connectivity index (χ0) is 14.1. The topological polar surface area (TPSA) is 57.8 Å². The van der Waals surface area contributed by atoms with E-state index in [-0.39, 0.29) is 11.4 Å². The van der Waals surface area contributed by atoms with E-state index < -0.39 is 17.5 Å². The molecule has 0 bridgehead atoms. The van der Waals surface area contributed by atoms with Crippen LogP contribution in [0.5, 0.6) is 0 Å². The molecule has 3 rings (SSSR count). The summed E-state index contributed by atoms with van der Waals surface area (Å²) in [5.41, 5.74) is 0.482. The molecule has 0 fully saturated rings. The Morgan fingerprint density at radius 3 is 2.75 bits per heavy atom. The zero-order valence-electron chi connectivity index (χ0n) is 10.2. The number of H-pyrrole nitrogens is 1. The number of benzene rings is 2. The number of nitrogens with one attached hydrogen (secondary N) is 2. The number of aromatic nitrogens is 2. The number of hydrogen-bond acceptors (Lipinski definition) is 2.